The third kappa shape index (κ3) is 5.20. The van der Waals surface area contributed by atoms with Gasteiger partial charge in [0.15, 0.2) is 0 Å². The average Bonchev–Trinajstić information content (AvgIpc) is 3.11. The third-order valence-corrected chi connectivity index (χ3v) is 12.8. The van der Waals surface area contributed by atoms with Crippen LogP contribution in [0.4, 0.5) is 17.1 Å². The van der Waals surface area contributed by atoms with Gasteiger partial charge in [0.1, 0.15) is 0 Å². The van der Waals surface area contributed by atoms with Crippen molar-refractivity contribution in [3.63, 3.8) is 0 Å². The number of benzene rings is 6. The van der Waals surface area contributed by atoms with Gasteiger partial charge in [-0.25, -0.2) is 0 Å². The highest BCUT2D eigenvalue weighted by atomic mass is 15.2. The molecule has 0 fully saturated rings. The van der Waals surface area contributed by atoms with Crippen LogP contribution in [0.25, 0.3) is 0 Å². The Bertz CT molecular complexity index is 2380. The Labute approximate surface area is 324 Å². The minimum absolute atomic E-state index is 0.00170. The maximum atomic E-state index is 2.67. The van der Waals surface area contributed by atoms with E-state index < -0.39 is 5.41 Å². The average molecular weight is 704 g/mol. The summed E-state index contributed by atoms with van der Waals surface area (Å²) >= 11 is 0. The monoisotopic (exact) mass is 703 g/mol. The molecule has 0 radical (unpaired) electrons. The van der Waals surface area contributed by atoms with E-state index in [4.69, 9.17) is 0 Å². The standard InChI is InChI=1S/C52H54BN/c1-33-25-43-48-47(26-33)54(41-30-39(50(5,6)7)29-40(31-41)51(8,9)10)46-28-35-22-21-34(35)27-45(46)53(48)44-32-38(49(2,3)4)23-24-42(44)52(43,36-17-13-11-14-18-36)37-19-15-12-16-20-37/h11-20,23-32H,21-22H2,1-10H3. The highest BCUT2D eigenvalue weighted by Crippen LogP contribution is 2.51. The molecule has 0 spiro atoms. The summed E-state index contributed by atoms with van der Waals surface area (Å²) in [6.07, 6.45) is 2.31. The maximum absolute atomic E-state index is 2.67. The number of aryl methyl sites for hydroxylation is 3. The van der Waals surface area contributed by atoms with E-state index in [-0.39, 0.29) is 23.0 Å². The minimum atomic E-state index is -0.506. The fourth-order valence-electron chi connectivity index (χ4n) is 9.67. The molecule has 0 saturated carbocycles. The zero-order valence-corrected chi connectivity index (χ0v) is 34.0. The molecule has 1 nitrogen and oxygen atoms in total. The van der Waals surface area contributed by atoms with Gasteiger partial charge in [0, 0.05) is 17.1 Å². The first-order valence-electron chi connectivity index (χ1n) is 20.1. The van der Waals surface area contributed by atoms with Crippen molar-refractivity contribution in [2.24, 2.45) is 0 Å². The smallest absolute Gasteiger partial charge is 0.247 e. The second-order valence-electron chi connectivity index (χ2n) is 19.5. The summed E-state index contributed by atoms with van der Waals surface area (Å²) < 4.78 is 0. The van der Waals surface area contributed by atoms with Gasteiger partial charge < -0.3 is 4.90 Å². The molecular formula is C52H54BN. The molecule has 0 bridgehead atoms. The van der Waals surface area contributed by atoms with Gasteiger partial charge in [0.2, 0.25) is 6.71 Å². The van der Waals surface area contributed by atoms with Crippen molar-refractivity contribution in [3.8, 4) is 0 Å². The zero-order chi connectivity index (χ0) is 37.9. The van der Waals surface area contributed by atoms with Gasteiger partial charge in [0.05, 0.1) is 5.41 Å². The second kappa shape index (κ2) is 11.8. The van der Waals surface area contributed by atoms with Crippen molar-refractivity contribution in [2.75, 3.05) is 4.90 Å². The lowest BCUT2D eigenvalue weighted by Gasteiger charge is -2.49. The lowest BCUT2D eigenvalue weighted by atomic mass is 9.29. The number of hydrogen-bond donors (Lipinski definition) is 0. The van der Waals surface area contributed by atoms with E-state index >= 15 is 0 Å². The fourth-order valence-corrected chi connectivity index (χ4v) is 9.67. The Morgan fingerprint density at radius 2 is 1.06 bits per heavy atom. The largest absolute Gasteiger partial charge is 0.311 e. The van der Waals surface area contributed by atoms with Crippen LogP contribution in [0.15, 0.2) is 121 Å². The van der Waals surface area contributed by atoms with Crippen molar-refractivity contribution in [1.29, 1.82) is 0 Å². The number of rotatable bonds is 3. The van der Waals surface area contributed by atoms with Gasteiger partial charge in [-0.2, -0.15) is 0 Å². The van der Waals surface area contributed by atoms with Crippen molar-refractivity contribution in [3.05, 3.63) is 177 Å². The van der Waals surface area contributed by atoms with Gasteiger partial charge in [-0.15, -0.1) is 0 Å². The van der Waals surface area contributed by atoms with Crippen LogP contribution in [0.3, 0.4) is 0 Å². The molecular weight excluding hydrogens is 649 g/mol. The summed E-state index contributed by atoms with van der Waals surface area (Å²) in [5.74, 6) is 0. The molecule has 0 aromatic heterocycles. The first-order valence-corrected chi connectivity index (χ1v) is 20.1. The van der Waals surface area contributed by atoms with Gasteiger partial charge >= 0.3 is 0 Å². The lowest BCUT2D eigenvalue weighted by Crippen LogP contribution is -2.65. The van der Waals surface area contributed by atoms with Crippen molar-refractivity contribution in [2.45, 2.75) is 104 Å². The molecule has 3 aliphatic rings. The third-order valence-electron chi connectivity index (χ3n) is 12.8. The van der Waals surface area contributed by atoms with Crippen LogP contribution in [0.2, 0.25) is 0 Å². The summed E-state index contributed by atoms with van der Waals surface area (Å²) in [4.78, 5) is 2.67. The topological polar surface area (TPSA) is 3.24 Å². The van der Waals surface area contributed by atoms with Gasteiger partial charge in [0.25, 0.3) is 0 Å². The molecule has 0 atom stereocenters. The maximum Gasteiger partial charge on any atom is 0.247 e. The predicted molar refractivity (Wildman–Crippen MR) is 232 cm³/mol. The Balaban J connectivity index is 1.47. The Morgan fingerprint density at radius 3 is 1.59 bits per heavy atom. The molecule has 6 aromatic carbocycles. The van der Waals surface area contributed by atoms with Gasteiger partial charge in [-0.3, -0.25) is 0 Å². The van der Waals surface area contributed by atoms with Gasteiger partial charge in [-0.05, 0) is 127 Å². The molecule has 54 heavy (non-hydrogen) atoms. The Hall–Kier alpha value is -4.82. The molecule has 0 N–H and O–H groups in total. The van der Waals surface area contributed by atoms with E-state index in [2.05, 4.69) is 195 Å². The van der Waals surface area contributed by atoms with E-state index in [1.165, 1.54) is 89.1 Å². The summed E-state index contributed by atoms with van der Waals surface area (Å²) in [6.45, 7) is 23.6. The predicted octanol–water partition coefficient (Wildman–Crippen LogP) is 11.0. The summed E-state index contributed by atoms with van der Waals surface area (Å²) in [5, 5.41) is 0. The normalized spacial score (nSPS) is 15.5. The van der Waals surface area contributed by atoms with Crippen LogP contribution < -0.4 is 21.3 Å². The van der Waals surface area contributed by atoms with Crippen molar-refractivity contribution in [1.82, 2.24) is 0 Å². The summed E-state index contributed by atoms with van der Waals surface area (Å²) in [6, 6.07) is 47.8. The van der Waals surface area contributed by atoms with Crippen LogP contribution in [0, 0.1) is 6.92 Å². The molecule has 2 heteroatoms. The zero-order valence-electron chi connectivity index (χ0n) is 34.0. The number of fused-ring (bicyclic) bond motifs is 5. The number of hydrogen-bond acceptors (Lipinski definition) is 1. The van der Waals surface area contributed by atoms with Crippen LogP contribution in [0.5, 0.6) is 0 Å². The van der Waals surface area contributed by atoms with Crippen molar-refractivity contribution < 1.29 is 0 Å². The summed E-state index contributed by atoms with van der Waals surface area (Å²) in [5.41, 5.74) is 21.6. The van der Waals surface area contributed by atoms with E-state index in [9.17, 15) is 0 Å². The van der Waals surface area contributed by atoms with Gasteiger partial charge in [-0.1, -0.05) is 165 Å². The van der Waals surface area contributed by atoms with E-state index in [1.807, 2.05) is 0 Å². The number of anilines is 3. The highest BCUT2D eigenvalue weighted by molar-refractivity contribution is 6.99. The van der Waals surface area contributed by atoms with E-state index in [1.54, 1.807) is 0 Å². The lowest BCUT2D eigenvalue weighted by molar-refractivity contribution is 0.569. The first-order chi connectivity index (χ1) is 25.6. The molecule has 2 heterocycles. The van der Waals surface area contributed by atoms with Crippen LogP contribution in [-0.2, 0) is 34.5 Å². The molecule has 9 rings (SSSR count). The van der Waals surface area contributed by atoms with Crippen LogP contribution in [0.1, 0.15) is 118 Å². The number of nitrogens with zero attached hydrogens (tertiary/aromatic N) is 1. The minimum Gasteiger partial charge on any atom is -0.311 e. The molecule has 1 aliphatic carbocycles. The van der Waals surface area contributed by atoms with Crippen molar-refractivity contribution >= 4 is 40.2 Å². The Morgan fingerprint density at radius 1 is 0.500 bits per heavy atom. The second-order valence-corrected chi connectivity index (χ2v) is 19.5. The SMILES string of the molecule is Cc1cc2c3c(c1)C(c1ccccc1)(c1ccccc1)c1ccc(C(C)(C)C)cc1B3c1cc3c(cc1N2c1cc(C(C)(C)C)cc(C(C)(C)C)c1)CC3. The molecule has 0 saturated heterocycles. The molecule has 2 aliphatic heterocycles. The van der Waals surface area contributed by atoms with E-state index in [0.717, 1.165) is 12.8 Å². The fraction of sp³-hybridized carbons (Fsp3) is 0.308. The highest BCUT2D eigenvalue weighted by Gasteiger charge is 2.52. The van der Waals surface area contributed by atoms with Crippen LogP contribution in [-0.4, -0.2) is 6.71 Å². The first kappa shape index (κ1) is 34.9. The quantitative estimate of drug-likeness (QED) is 0.166. The molecule has 0 amide bonds. The molecule has 6 aromatic rings. The Kier molecular flexibility index (Phi) is 7.66. The summed E-state index contributed by atoms with van der Waals surface area (Å²) in [7, 11) is 0. The molecule has 0 unspecified atom stereocenters. The molecule has 270 valence electrons. The van der Waals surface area contributed by atoms with E-state index in [0.29, 0.717) is 0 Å². The van der Waals surface area contributed by atoms with Crippen LogP contribution >= 0.6 is 0 Å².